The predicted molar refractivity (Wildman–Crippen MR) is 132 cm³/mol. The SMILES string of the molecule is Cc1cc(C)c(C(=O)NC[C@H](C)Oc2cc(C(C)(C)C)cc(C(C)(C)C)c2C)c(C)c1. The van der Waals surface area contributed by atoms with Crippen LogP contribution in [0.4, 0.5) is 0 Å². The first-order chi connectivity index (χ1) is 14.1. The van der Waals surface area contributed by atoms with Crippen LogP contribution in [0.15, 0.2) is 24.3 Å². The minimum atomic E-state index is -0.142. The van der Waals surface area contributed by atoms with Crippen molar-refractivity contribution in [2.45, 2.75) is 93.1 Å². The molecule has 2 aromatic carbocycles. The van der Waals surface area contributed by atoms with Crippen molar-refractivity contribution in [2.75, 3.05) is 6.54 Å². The number of hydrogen-bond acceptors (Lipinski definition) is 2. The van der Waals surface area contributed by atoms with E-state index in [0.29, 0.717) is 6.54 Å². The molecule has 1 atom stereocenters. The second kappa shape index (κ2) is 9.06. The Morgan fingerprint density at radius 2 is 1.45 bits per heavy atom. The summed E-state index contributed by atoms with van der Waals surface area (Å²) in [6.45, 7) is 24.0. The van der Waals surface area contributed by atoms with Gasteiger partial charge in [0.25, 0.3) is 5.91 Å². The van der Waals surface area contributed by atoms with Crippen LogP contribution in [0.3, 0.4) is 0 Å². The minimum absolute atomic E-state index is 0.0292. The van der Waals surface area contributed by atoms with Crippen molar-refractivity contribution >= 4 is 5.91 Å². The fourth-order valence-electron chi connectivity index (χ4n) is 4.14. The molecule has 0 aromatic heterocycles. The molecule has 0 unspecified atom stereocenters. The Hall–Kier alpha value is -2.29. The van der Waals surface area contributed by atoms with Crippen LogP contribution in [0.5, 0.6) is 5.75 Å². The van der Waals surface area contributed by atoms with Crippen molar-refractivity contribution in [3.05, 3.63) is 63.2 Å². The molecule has 0 radical (unpaired) electrons. The van der Waals surface area contributed by atoms with E-state index in [1.165, 1.54) is 22.3 Å². The maximum Gasteiger partial charge on any atom is 0.251 e. The van der Waals surface area contributed by atoms with E-state index in [4.69, 9.17) is 4.74 Å². The van der Waals surface area contributed by atoms with Crippen LogP contribution >= 0.6 is 0 Å². The largest absolute Gasteiger partial charge is 0.489 e. The average Bonchev–Trinajstić information content (AvgIpc) is 2.58. The number of hydrogen-bond donors (Lipinski definition) is 1. The fourth-order valence-corrected chi connectivity index (χ4v) is 4.14. The van der Waals surface area contributed by atoms with Gasteiger partial charge in [0.1, 0.15) is 11.9 Å². The van der Waals surface area contributed by atoms with Crippen molar-refractivity contribution < 1.29 is 9.53 Å². The molecule has 2 rings (SSSR count). The van der Waals surface area contributed by atoms with Crippen LogP contribution < -0.4 is 10.1 Å². The van der Waals surface area contributed by atoms with Gasteiger partial charge in [-0.3, -0.25) is 4.79 Å². The van der Waals surface area contributed by atoms with Crippen molar-refractivity contribution in [3.8, 4) is 5.75 Å². The lowest BCUT2D eigenvalue weighted by molar-refractivity contribution is 0.0930. The number of rotatable bonds is 5. The Balaban J connectivity index is 2.22. The number of carbonyl (C=O) groups excluding carboxylic acids is 1. The quantitative estimate of drug-likeness (QED) is 0.580. The van der Waals surface area contributed by atoms with E-state index < -0.39 is 0 Å². The Bertz CT molecular complexity index is 935. The van der Waals surface area contributed by atoms with Gasteiger partial charge < -0.3 is 10.1 Å². The lowest BCUT2D eigenvalue weighted by atomic mass is 9.78. The van der Waals surface area contributed by atoms with E-state index in [1.807, 2.05) is 20.8 Å². The van der Waals surface area contributed by atoms with Crippen molar-refractivity contribution in [3.63, 3.8) is 0 Å². The second-order valence-corrected chi connectivity index (χ2v) is 11.1. The summed E-state index contributed by atoms with van der Waals surface area (Å²) in [5, 5.41) is 3.07. The molecule has 0 heterocycles. The molecule has 0 fully saturated rings. The van der Waals surface area contributed by atoms with Gasteiger partial charge >= 0.3 is 0 Å². The summed E-state index contributed by atoms with van der Waals surface area (Å²) in [4.78, 5) is 12.8. The number of nitrogens with one attached hydrogen (secondary N) is 1. The molecule has 3 nitrogen and oxygen atoms in total. The summed E-state index contributed by atoms with van der Waals surface area (Å²) < 4.78 is 6.37. The summed E-state index contributed by atoms with van der Waals surface area (Å²) in [6, 6.07) is 8.59. The summed E-state index contributed by atoms with van der Waals surface area (Å²) in [5.74, 6) is 0.864. The molecule has 0 bridgehead atoms. The summed E-state index contributed by atoms with van der Waals surface area (Å²) in [7, 11) is 0. The molecule has 3 heteroatoms. The third-order valence-corrected chi connectivity index (χ3v) is 5.82. The van der Waals surface area contributed by atoms with Gasteiger partial charge in [-0.15, -0.1) is 0 Å². The molecule has 1 N–H and O–H groups in total. The van der Waals surface area contributed by atoms with Gasteiger partial charge in [-0.2, -0.15) is 0 Å². The lowest BCUT2D eigenvalue weighted by Gasteiger charge is -2.29. The average molecular weight is 424 g/mol. The summed E-state index contributed by atoms with van der Waals surface area (Å²) in [6.07, 6.45) is -0.142. The predicted octanol–water partition coefficient (Wildman–Crippen LogP) is 6.71. The highest BCUT2D eigenvalue weighted by Gasteiger charge is 2.24. The van der Waals surface area contributed by atoms with Crippen molar-refractivity contribution in [1.82, 2.24) is 5.32 Å². The van der Waals surface area contributed by atoms with Gasteiger partial charge in [0, 0.05) is 5.56 Å². The number of carbonyl (C=O) groups is 1. The Morgan fingerprint density at radius 1 is 0.903 bits per heavy atom. The van der Waals surface area contributed by atoms with E-state index in [1.54, 1.807) is 0 Å². The molecule has 31 heavy (non-hydrogen) atoms. The third kappa shape index (κ3) is 6.12. The zero-order valence-electron chi connectivity index (χ0n) is 21.4. The molecule has 0 aliphatic rings. The van der Waals surface area contributed by atoms with E-state index in [-0.39, 0.29) is 22.8 Å². The molecule has 170 valence electrons. The van der Waals surface area contributed by atoms with Crippen LogP contribution in [-0.2, 0) is 10.8 Å². The molecular formula is C28H41NO2. The van der Waals surface area contributed by atoms with Gasteiger partial charge in [-0.25, -0.2) is 0 Å². The van der Waals surface area contributed by atoms with E-state index in [0.717, 1.165) is 22.4 Å². The Kier molecular flexibility index (Phi) is 7.30. The first-order valence-corrected chi connectivity index (χ1v) is 11.3. The maximum absolute atomic E-state index is 12.8. The highest BCUT2D eigenvalue weighted by Crippen LogP contribution is 2.37. The van der Waals surface area contributed by atoms with E-state index in [2.05, 4.69) is 85.0 Å². The molecule has 2 aromatic rings. The lowest BCUT2D eigenvalue weighted by Crippen LogP contribution is -2.34. The molecule has 0 aliphatic heterocycles. The number of benzene rings is 2. The molecule has 0 aliphatic carbocycles. The second-order valence-electron chi connectivity index (χ2n) is 11.1. The van der Waals surface area contributed by atoms with Crippen LogP contribution in [0.1, 0.15) is 92.2 Å². The zero-order chi connectivity index (χ0) is 23.7. The number of ether oxygens (including phenoxy) is 1. The number of aryl methyl sites for hydroxylation is 3. The monoisotopic (exact) mass is 423 g/mol. The highest BCUT2D eigenvalue weighted by molar-refractivity contribution is 5.97. The first kappa shape index (κ1) is 25.0. The normalized spacial score (nSPS) is 13.1. The van der Waals surface area contributed by atoms with Crippen LogP contribution in [0.2, 0.25) is 0 Å². The van der Waals surface area contributed by atoms with Gasteiger partial charge in [0.15, 0.2) is 0 Å². The zero-order valence-corrected chi connectivity index (χ0v) is 21.4. The van der Waals surface area contributed by atoms with Crippen molar-refractivity contribution in [2.24, 2.45) is 0 Å². The van der Waals surface area contributed by atoms with E-state index in [9.17, 15) is 4.79 Å². The Labute approximate surface area is 189 Å². The smallest absolute Gasteiger partial charge is 0.251 e. The molecule has 0 spiro atoms. The molecule has 0 saturated heterocycles. The van der Waals surface area contributed by atoms with Gasteiger partial charge in [0.2, 0.25) is 0 Å². The highest BCUT2D eigenvalue weighted by atomic mass is 16.5. The molecular weight excluding hydrogens is 382 g/mol. The standard InChI is InChI=1S/C28H41NO2/c1-17-12-18(2)25(19(3)13-17)26(30)29-16-20(4)31-24-15-22(27(6,7)8)14-23(21(24)5)28(9,10)11/h12-15,20H,16H2,1-11H3,(H,29,30)/t20-/m0/s1. The summed E-state index contributed by atoms with van der Waals surface area (Å²) in [5.41, 5.74) is 7.75. The topological polar surface area (TPSA) is 38.3 Å². The maximum atomic E-state index is 12.8. The van der Waals surface area contributed by atoms with Gasteiger partial charge in [-0.05, 0) is 79.3 Å². The summed E-state index contributed by atoms with van der Waals surface area (Å²) >= 11 is 0. The van der Waals surface area contributed by atoms with Gasteiger partial charge in [0.05, 0.1) is 6.54 Å². The minimum Gasteiger partial charge on any atom is -0.489 e. The van der Waals surface area contributed by atoms with Crippen LogP contribution in [0, 0.1) is 27.7 Å². The van der Waals surface area contributed by atoms with Crippen LogP contribution in [-0.4, -0.2) is 18.6 Å². The van der Waals surface area contributed by atoms with E-state index >= 15 is 0 Å². The van der Waals surface area contributed by atoms with Gasteiger partial charge in [-0.1, -0.05) is 65.3 Å². The molecule has 0 saturated carbocycles. The van der Waals surface area contributed by atoms with Crippen LogP contribution in [0.25, 0.3) is 0 Å². The van der Waals surface area contributed by atoms with Crippen molar-refractivity contribution in [1.29, 1.82) is 0 Å². The Morgan fingerprint density at radius 3 is 1.94 bits per heavy atom. The first-order valence-electron chi connectivity index (χ1n) is 11.3. The third-order valence-electron chi connectivity index (χ3n) is 5.82. The fraction of sp³-hybridized carbons (Fsp3) is 0.536. The number of amides is 1. The molecule has 1 amide bonds.